The Morgan fingerprint density at radius 2 is 1.71 bits per heavy atom. The van der Waals surface area contributed by atoms with Gasteiger partial charge < -0.3 is 0 Å². The van der Waals surface area contributed by atoms with Crippen molar-refractivity contribution < 1.29 is 4.39 Å². The minimum absolute atomic E-state index is 0.0823. The van der Waals surface area contributed by atoms with Crippen molar-refractivity contribution in [3.05, 3.63) is 59.4 Å². The molecule has 0 heterocycles. The Morgan fingerprint density at radius 1 is 1.06 bits per heavy atom. The highest BCUT2D eigenvalue weighted by atomic mass is 19.1. The summed E-state index contributed by atoms with van der Waals surface area (Å²) in [5, 5.41) is 8.66. The summed E-state index contributed by atoms with van der Waals surface area (Å²) in [6.07, 6.45) is 0.988. The molecule has 0 N–H and O–H groups in total. The van der Waals surface area contributed by atoms with Crippen LogP contribution in [0.25, 0.3) is 11.1 Å². The van der Waals surface area contributed by atoms with E-state index < -0.39 is 5.82 Å². The van der Waals surface area contributed by atoms with Crippen LogP contribution in [-0.2, 0) is 6.42 Å². The lowest BCUT2D eigenvalue weighted by Gasteiger charge is -2.04. The van der Waals surface area contributed by atoms with E-state index in [0.717, 1.165) is 17.5 Å². The van der Waals surface area contributed by atoms with E-state index in [4.69, 9.17) is 5.26 Å². The van der Waals surface area contributed by atoms with E-state index in [1.54, 1.807) is 6.07 Å². The van der Waals surface area contributed by atoms with Crippen LogP contribution in [0.1, 0.15) is 18.1 Å². The van der Waals surface area contributed by atoms with E-state index in [1.807, 2.05) is 30.3 Å². The number of nitrogens with zero attached hydrogens (tertiary/aromatic N) is 1. The molecule has 0 saturated heterocycles. The second kappa shape index (κ2) is 4.80. The second-order valence-electron chi connectivity index (χ2n) is 3.86. The molecular weight excluding hydrogens is 213 g/mol. The molecule has 84 valence electrons. The largest absolute Gasteiger partial charge is 0.206 e. The maximum Gasteiger partial charge on any atom is 0.141 e. The van der Waals surface area contributed by atoms with Crippen molar-refractivity contribution in [2.45, 2.75) is 13.3 Å². The van der Waals surface area contributed by atoms with Gasteiger partial charge in [0.15, 0.2) is 0 Å². The summed E-state index contributed by atoms with van der Waals surface area (Å²) in [4.78, 5) is 0. The summed E-state index contributed by atoms with van der Waals surface area (Å²) in [5.74, 6) is -0.468. The zero-order valence-electron chi connectivity index (χ0n) is 9.57. The first-order valence-corrected chi connectivity index (χ1v) is 5.53. The van der Waals surface area contributed by atoms with Crippen molar-refractivity contribution in [2.75, 3.05) is 0 Å². The van der Waals surface area contributed by atoms with Crippen molar-refractivity contribution in [1.29, 1.82) is 5.26 Å². The standard InChI is InChI=1S/C15H12FN/c1-2-11-3-5-12(6-4-11)13-7-8-14(10-17)15(16)9-13/h3-9H,2H2,1H3. The maximum atomic E-state index is 13.5. The van der Waals surface area contributed by atoms with Crippen LogP contribution in [0.15, 0.2) is 42.5 Å². The molecule has 2 aromatic rings. The van der Waals surface area contributed by atoms with E-state index in [9.17, 15) is 4.39 Å². The zero-order valence-corrected chi connectivity index (χ0v) is 9.57. The number of halogens is 1. The van der Waals surface area contributed by atoms with Crippen molar-refractivity contribution in [3.63, 3.8) is 0 Å². The normalized spacial score (nSPS) is 9.94. The number of rotatable bonds is 2. The zero-order chi connectivity index (χ0) is 12.3. The fourth-order valence-electron chi connectivity index (χ4n) is 1.72. The molecule has 2 rings (SSSR count). The SMILES string of the molecule is CCc1ccc(-c2ccc(C#N)c(F)c2)cc1. The molecule has 0 unspecified atom stereocenters. The van der Waals surface area contributed by atoms with Crippen molar-refractivity contribution in [3.8, 4) is 17.2 Å². The summed E-state index contributed by atoms with van der Waals surface area (Å²) >= 11 is 0. The van der Waals surface area contributed by atoms with Crippen LogP contribution in [0.4, 0.5) is 4.39 Å². The smallest absolute Gasteiger partial charge is 0.141 e. The van der Waals surface area contributed by atoms with Gasteiger partial charge in [-0.05, 0) is 35.2 Å². The molecule has 0 aliphatic rings. The number of nitriles is 1. The molecule has 0 atom stereocenters. The van der Waals surface area contributed by atoms with E-state index in [1.165, 1.54) is 17.7 Å². The van der Waals surface area contributed by atoms with Gasteiger partial charge in [-0.1, -0.05) is 37.3 Å². The van der Waals surface area contributed by atoms with Gasteiger partial charge >= 0.3 is 0 Å². The molecule has 1 nitrogen and oxygen atoms in total. The second-order valence-corrected chi connectivity index (χ2v) is 3.86. The lowest BCUT2D eigenvalue weighted by molar-refractivity contribution is 0.624. The van der Waals surface area contributed by atoms with Crippen LogP contribution in [0.5, 0.6) is 0 Å². The summed E-state index contributed by atoms with van der Waals surface area (Å²) in [6.45, 7) is 2.09. The van der Waals surface area contributed by atoms with Gasteiger partial charge in [0.1, 0.15) is 11.9 Å². The highest BCUT2D eigenvalue weighted by molar-refractivity contribution is 5.64. The van der Waals surface area contributed by atoms with Crippen LogP contribution < -0.4 is 0 Å². The third-order valence-electron chi connectivity index (χ3n) is 2.79. The predicted octanol–water partition coefficient (Wildman–Crippen LogP) is 3.93. The fraction of sp³-hybridized carbons (Fsp3) is 0.133. The molecule has 0 aromatic heterocycles. The third kappa shape index (κ3) is 2.34. The monoisotopic (exact) mass is 225 g/mol. The topological polar surface area (TPSA) is 23.8 Å². The van der Waals surface area contributed by atoms with E-state index in [2.05, 4.69) is 6.92 Å². The Bertz CT molecular complexity index is 564. The first-order chi connectivity index (χ1) is 8.24. The molecular formula is C15H12FN. The molecule has 0 fully saturated rings. The average molecular weight is 225 g/mol. The Hall–Kier alpha value is -2.14. The first-order valence-electron chi connectivity index (χ1n) is 5.53. The van der Waals surface area contributed by atoms with Crippen LogP contribution in [-0.4, -0.2) is 0 Å². The molecule has 17 heavy (non-hydrogen) atoms. The number of hydrogen-bond donors (Lipinski definition) is 0. The minimum atomic E-state index is -0.468. The van der Waals surface area contributed by atoms with Gasteiger partial charge in [0.05, 0.1) is 5.56 Å². The van der Waals surface area contributed by atoms with Gasteiger partial charge in [-0.3, -0.25) is 0 Å². The Labute approximate surface area is 100 Å². The van der Waals surface area contributed by atoms with Crippen LogP contribution in [0.2, 0.25) is 0 Å². The molecule has 0 spiro atoms. The highest BCUT2D eigenvalue weighted by Gasteiger charge is 2.04. The maximum absolute atomic E-state index is 13.5. The summed E-state index contributed by atoms with van der Waals surface area (Å²) < 4.78 is 13.5. The number of benzene rings is 2. The van der Waals surface area contributed by atoms with Crippen molar-refractivity contribution in [1.82, 2.24) is 0 Å². The minimum Gasteiger partial charge on any atom is -0.206 e. The van der Waals surface area contributed by atoms with Gasteiger partial charge in [0.2, 0.25) is 0 Å². The fourth-order valence-corrected chi connectivity index (χ4v) is 1.72. The van der Waals surface area contributed by atoms with Crippen LogP contribution in [0.3, 0.4) is 0 Å². The number of hydrogen-bond acceptors (Lipinski definition) is 1. The number of aryl methyl sites for hydroxylation is 1. The molecule has 0 saturated carbocycles. The van der Waals surface area contributed by atoms with Gasteiger partial charge in [0.25, 0.3) is 0 Å². The Balaban J connectivity index is 2.40. The van der Waals surface area contributed by atoms with Gasteiger partial charge in [-0.25, -0.2) is 4.39 Å². The predicted molar refractivity (Wildman–Crippen MR) is 65.9 cm³/mol. The lowest BCUT2D eigenvalue weighted by Crippen LogP contribution is -1.86. The quantitative estimate of drug-likeness (QED) is 0.759. The molecule has 0 aliphatic heterocycles. The summed E-state index contributed by atoms with van der Waals surface area (Å²) in [6, 6.07) is 14.5. The first kappa shape index (κ1) is 11.3. The molecule has 2 heteroatoms. The van der Waals surface area contributed by atoms with Gasteiger partial charge in [-0.15, -0.1) is 0 Å². The van der Waals surface area contributed by atoms with Gasteiger partial charge in [-0.2, -0.15) is 5.26 Å². The molecule has 0 radical (unpaired) electrons. The Morgan fingerprint density at radius 3 is 2.24 bits per heavy atom. The Kier molecular flexibility index (Phi) is 3.20. The van der Waals surface area contributed by atoms with E-state index >= 15 is 0 Å². The summed E-state index contributed by atoms with van der Waals surface area (Å²) in [7, 11) is 0. The van der Waals surface area contributed by atoms with Crippen molar-refractivity contribution in [2.24, 2.45) is 0 Å². The lowest BCUT2D eigenvalue weighted by atomic mass is 10.0. The van der Waals surface area contributed by atoms with Crippen molar-refractivity contribution >= 4 is 0 Å². The molecule has 0 aliphatic carbocycles. The summed E-state index contributed by atoms with van der Waals surface area (Å²) in [5.41, 5.74) is 3.09. The molecule has 0 bridgehead atoms. The van der Waals surface area contributed by atoms with Crippen LogP contribution >= 0.6 is 0 Å². The average Bonchev–Trinajstić information content (AvgIpc) is 2.39. The van der Waals surface area contributed by atoms with Crippen LogP contribution in [0, 0.1) is 17.1 Å². The van der Waals surface area contributed by atoms with E-state index in [0.29, 0.717) is 0 Å². The highest BCUT2D eigenvalue weighted by Crippen LogP contribution is 2.22. The van der Waals surface area contributed by atoms with E-state index in [-0.39, 0.29) is 5.56 Å². The third-order valence-corrected chi connectivity index (χ3v) is 2.79. The van der Waals surface area contributed by atoms with Gasteiger partial charge in [0, 0.05) is 0 Å². The molecule has 2 aromatic carbocycles. The molecule has 0 amide bonds.